The second-order valence-electron chi connectivity index (χ2n) is 7.79. The van der Waals surface area contributed by atoms with Crippen LogP contribution in [0.2, 0.25) is 0 Å². The summed E-state index contributed by atoms with van der Waals surface area (Å²) >= 11 is 2.08. The maximum atomic E-state index is 14.3. The van der Waals surface area contributed by atoms with E-state index < -0.39 is 29.7 Å². The van der Waals surface area contributed by atoms with Crippen LogP contribution in [0.15, 0.2) is 107 Å². The molecule has 0 spiro atoms. The van der Waals surface area contributed by atoms with Crippen LogP contribution in [0.3, 0.4) is 0 Å². The SMILES string of the molecule is CC(=O)OC/C=C\CC(Cc1ccccc1I)(S(=O)(=O)c1ccccc1)S(=O)(=O)c1ccccc1. The van der Waals surface area contributed by atoms with Gasteiger partial charge >= 0.3 is 5.97 Å². The number of ether oxygens (including phenoxy) is 1. The third kappa shape index (κ3) is 5.84. The van der Waals surface area contributed by atoms with Crippen LogP contribution in [-0.4, -0.2) is 33.5 Å². The Morgan fingerprint density at radius 3 is 1.77 bits per heavy atom. The first-order valence-electron chi connectivity index (χ1n) is 10.7. The van der Waals surface area contributed by atoms with E-state index in [9.17, 15) is 21.6 Å². The third-order valence-electron chi connectivity index (χ3n) is 5.48. The number of carbonyl (C=O) groups excluding carboxylic acids is 1. The lowest BCUT2D eigenvalue weighted by Crippen LogP contribution is -2.48. The highest BCUT2D eigenvalue weighted by atomic mass is 127. The molecule has 0 aromatic heterocycles. The molecule has 0 aliphatic carbocycles. The number of hydrogen-bond acceptors (Lipinski definition) is 6. The van der Waals surface area contributed by atoms with Gasteiger partial charge in [0.1, 0.15) is 6.61 Å². The van der Waals surface area contributed by atoms with E-state index in [4.69, 9.17) is 4.74 Å². The van der Waals surface area contributed by atoms with Crippen molar-refractivity contribution in [2.45, 2.75) is 33.6 Å². The van der Waals surface area contributed by atoms with Crippen LogP contribution in [0.5, 0.6) is 0 Å². The van der Waals surface area contributed by atoms with Gasteiger partial charge in [0.05, 0.1) is 9.79 Å². The zero-order valence-electron chi connectivity index (χ0n) is 19.0. The molecule has 0 unspecified atom stereocenters. The molecule has 0 saturated carbocycles. The summed E-state index contributed by atoms with van der Waals surface area (Å²) in [6.45, 7) is 1.17. The Bertz CT molecular complexity index is 1330. The Kier molecular flexibility index (Phi) is 8.89. The third-order valence-corrected chi connectivity index (χ3v) is 12.2. The smallest absolute Gasteiger partial charge is 0.302 e. The number of sulfone groups is 2. The minimum atomic E-state index is -4.44. The summed E-state index contributed by atoms with van der Waals surface area (Å²) in [4.78, 5) is 11.0. The van der Waals surface area contributed by atoms with Gasteiger partial charge in [-0.05, 0) is 58.5 Å². The zero-order chi connectivity index (χ0) is 25.5. The number of halogens is 1. The maximum Gasteiger partial charge on any atom is 0.302 e. The normalized spacial score (nSPS) is 12.5. The Balaban J connectivity index is 2.29. The van der Waals surface area contributed by atoms with E-state index in [1.54, 1.807) is 48.5 Å². The first kappa shape index (κ1) is 27.1. The van der Waals surface area contributed by atoms with Crippen molar-refractivity contribution in [1.29, 1.82) is 0 Å². The van der Waals surface area contributed by atoms with Crippen LogP contribution in [0.4, 0.5) is 0 Å². The number of esters is 1. The molecular formula is C26H25IO6S2. The molecule has 3 aromatic carbocycles. The summed E-state index contributed by atoms with van der Waals surface area (Å²) in [7, 11) is -8.87. The summed E-state index contributed by atoms with van der Waals surface area (Å²) in [6, 6.07) is 22.3. The molecule has 184 valence electrons. The van der Waals surface area contributed by atoms with E-state index in [1.807, 2.05) is 12.1 Å². The molecule has 0 heterocycles. The number of allylic oxidation sites excluding steroid dienone is 1. The van der Waals surface area contributed by atoms with Crippen molar-refractivity contribution in [3.63, 3.8) is 0 Å². The van der Waals surface area contributed by atoms with Crippen molar-refractivity contribution < 1.29 is 26.4 Å². The number of carbonyl (C=O) groups is 1. The van der Waals surface area contributed by atoms with E-state index in [1.165, 1.54) is 43.3 Å². The number of rotatable bonds is 10. The molecule has 0 saturated heterocycles. The molecule has 0 N–H and O–H groups in total. The largest absolute Gasteiger partial charge is 0.462 e. The van der Waals surface area contributed by atoms with Gasteiger partial charge in [0.15, 0.2) is 23.8 Å². The van der Waals surface area contributed by atoms with Crippen molar-refractivity contribution in [2.24, 2.45) is 0 Å². The molecule has 0 amide bonds. The van der Waals surface area contributed by atoms with Gasteiger partial charge in [-0.3, -0.25) is 4.79 Å². The van der Waals surface area contributed by atoms with Crippen molar-refractivity contribution in [3.05, 3.63) is 106 Å². The van der Waals surface area contributed by atoms with E-state index >= 15 is 0 Å². The predicted molar refractivity (Wildman–Crippen MR) is 143 cm³/mol. The second kappa shape index (κ2) is 11.5. The Hall–Kier alpha value is -2.50. The summed E-state index contributed by atoms with van der Waals surface area (Å²) < 4.78 is 60.5. The molecule has 0 atom stereocenters. The monoisotopic (exact) mass is 624 g/mol. The molecule has 0 bridgehead atoms. The lowest BCUT2D eigenvalue weighted by Gasteiger charge is -2.33. The minimum Gasteiger partial charge on any atom is -0.462 e. The van der Waals surface area contributed by atoms with Crippen molar-refractivity contribution in [1.82, 2.24) is 0 Å². The van der Waals surface area contributed by atoms with Crippen molar-refractivity contribution in [3.8, 4) is 0 Å². The first-order valence-corrected chi connectivity index (χ1v) is 14.8. The molecular weight excluding hydrogens is 599 g/mol. The summed E-state index contributed by atoms with van der Waals surface area (Å²) in [5.41, 5.74) is 0.598. The predicted octanol–water partition coefficient (Wildman–Crippen LogP) is 4.99. The van der Waals surface area contributed by atoms with Gasteiger partial charge in [-0.25, -0.2) is 16.8 Å². The molecule has 0 aliphatic heterocycles. The fraction of sp³-hybridized carbons (Fsp3) is 0.192. The lowest BCUT2D eigenvalue weighted by atomic mass is 10.1. The van der Waals surface area contributed by atoms with Gasteiger partial charge in [0, 0.05) is 23.3 Å². The Morgan fingerprint density at radius 2 is 1.29 bits per heavy atom. The van der Waals surface area contributed by atoms with Crippen LogP contribution in [0.1, 0.15) is 18.9 Å². The summed E-state index contributed by atoms with van der Waals surface area (Å²) in [5, 5.41) is 0. The fourth-order valence-electron chi connectivity index (χ4n) is 3.68. The van der Waals surface area contributed by atoms with Gasteiger partial charge in [0.25, 0.3) is 0 Å². The highest BCUT2D eigenvalue weighted by Gasteiger charge is 2.55. The Morgan fingerprint density at radius 1 is 0.800 bits per heavy atom. The standard InChI is InChI=1S/C26H25IO6S2/c1-21(28)33-19-11-10-18-26(20-22-12-8-9-17-25(22)27,34(29,30)23-13-4-2-5-14-23)35(31,32)24-15-6-3-7-16-24/h2-17H,18-20H2,1H3/b11-10-. The topological polar surface area (TPSA) is 94.6 Å². The molecule has 9 heteroatoms. The second-order valence-corrected chi connectivity index (χ2v) is 13.7. The van der Waals surface area contributed by atoms with Crippen molar-refractivity contribution in [2.75, 3.05) is 6.61 Å². The zero-order valence-corrected chi connectivity index (χ0v) is 22.8. The fourth-order valence-corrected chi connectivity index (χ4v) is 9.21. The van der Waals surface area contributed by atoms with Crippen LogP contribution < -0.4 is 0 Å². The lowest BCUT2D eigenvalue weighted by molar-refractivity contribution is -0.139. The van der Waals surface area contributed by atoms with Gasteiger partial charge in [-0.1, -0.05) is 66.7 Å². The average molecular weight is 625 g/mol. The van der Waals surface area contributed by atoms with Gasteiger partial charge in [0.2, 0.25) is 0 Å². The highest BCUT2D eigenvalue weighted by Crippen LogP contribution is 2.42. The average Bonchev–Trinajstić information content (AvgIpc) is 2.85. The molecule has 0 radical (unpaired) electrons. The van der Waals surface area contributed by atoms with Crippen LogP contribution in [0, 0.1) is 3.57 Å². The first-order chi connectivity index (χ1) is 16.6. The number of hydrogen-bond donors (Lipinski definition) is 0. The maximum absolute atomic E-state index is 14.3. The molecule has 35 heavy (non-hydrogen) atoms. The van der Waals surface area contributed by atoms with E-state index in [0.717, 1.165) is 3.57 Å². The van der Waals surface area contributed by atoms with Crippen molar-refractivity contribution >= 4 is 48.2 Å². The van der Waals surface area contributed by atoms with Gasteiger partial charge in [-0.15, -0.1) is 0 Å². The minimum absolute atomic E-state index is 0.0844. The van der Waals surface area contributed by atoms with Crippen LogP contribution >= 0.6 is 22.6 Å². The van der Waals surface area contributed by atoms with E-state index in [0.29, 0.717) is 5.56 Å². The Labute approximate surface area is 220 Å². The summed E-state index contributed by atoms with van der Waals surface area (Å²) in [6.07, 6.45) is 2.32. The van der Waals surface area contributed by atoms with Gasteiger partial charge in [-0.2, -0.15) is 0 Å². The molecule has 0 fully saturated rings. The molecule has 3 aromatic rings. The molecule has 3 rings (SSSR count). The molecule has 6 nitrogen and oxygen atoms in total. The number of benzene rings is 3. The van der Waals surface area contributed by atoms with Gasteiger partial charge < -0.3 is 4.74 Å². The highest BCUT2D eigenvalue weighted by molar-refractivity contribution is 14.1. The van der Waals surface area contributed by atoms with E-state index in [-0.39, 0.29) is 29.2 Å². The van der Waals surface area contributed by atoms with Crippen LogP contribution in [0.25, 0.3) is 0 Å². The molecule has 0 aliphatic rings. The van der Waals surface area contributed by atoms with E-state index in [2.05, 4.69) is 22.6 Å². The van der Waals surface area contributed by atoms with Crippen LogP contribution in [-0.2, 0) is 35.6 Å². The summed E-state index contributed by atoms with van der Waals surface area (Å²) in [5.74, 6) is -0.492. The quantitative estimate of drug-likeness (QED) is 0.179.